The Kier molecular flexibility index (Phi) is 4.93. The van der Waals surface area contributed by atoms with Crippen molar-refractivity contribution in [2.24, 2.45) is 0 Å². The van der Waals surface area contributed by atoms with Gasteiger partial charge >= 0.3 is 5.97 Å². The van der Waals surface area contributed by atoms with Gasteiger partial charge in [-0.25, -0.2) is 0 Å². The molecule has 1 aliphatic heterocycles. The first kappa shape index (κ1) is 13.5. The Morgan fingerprint density at radius 2 is 1.76 bits per heavy atom. The van der Waals surface area contributed by atoms with E-state index in [1.165, 1.54) is 9.80 Å². The quantitative estimate of drug-likeness (QED) is 0.661. The lowest BCUT2D eigenvalue weighted by molar-refractivity contribution is -0.149. The number of carbonyl (C=O) groups is 3. The predicted molar refractivity (Wildman–Crippen MR) is 60.3 cm³/mol. The third-order valence-electron chi connectivity index (χ3n) is 2.81. The molecule has 1 aliphatic rings. The lowest BCUT2D eigenvalue weighted by atomic mass is 10.2. The Morgan fingerprint density at radius 3 is 2.35 bits per heavy atom. The second-order valence-electron chi connectivity index (χ2n) is 4.07. The summed E-state index contributed by atoms with van der Waals surface area (Å²) in [5.74, 6) is -0.921. The molecule has 1 heterocycles. The van der Waals surface area contributed by atoms with E-state index in [2.05, 4.69) is 0 Å². The molecule has 0 aromatic heterocycles. The average molecular weight is 242 g/mol. The van der Waals surface area contributed by atoms with Crippen LogP contribution in [0.1, 0.15) is 26.2 Å². The number of amides is 2. The van der Waals surface area contributed by atoms with Gasteiger partial charge < -0.3 is 14.9 Å². The van der Waals surface area contributed by atoms with E-state index in [-0.39, 0.29) is 31.3 Å². The molecule has 0 aromatic rings. The SMILES string of the molecule is CCN1CC(=O)N(CCCCC(=O)O)CC1=O. The summed E-state index contributed by atoms with van der Waals surface area (Å²) in [5.41, 5.74) is 0. The van der Waals surface area contributed by atoms with Crippen LogP contribution >= 0.6 is 0 Å². The molecule has 0 unspecified atom stereocenters. The van der Waals surface area contributed by atoms with E-state index >= 15 is 0 Å². The van der Waals surface area contributed by atoms with Gasteiger partial charge in [0.1, 0.15) is 0 Å². The number of piperazine rings is 1. The lowest BCUT2D eigenvalue weighted by Crippen LogP contribution is -2.53. The van der Waals surface area contributed by atoms with Gasteiger partial charge in [-0.3, -0.25) is 14.4 Å². The molecule has 0 aromatic carbocycles. The van der Waals surface area contributed by atoms with Crippen LogP contribution in [-0.4, -0.2) is 58.9 Å². The fourth-order valence-electron chi connectivity index (χ4n) is 1.77. The first-order valence-electron chi connectivity index (χ1n) is 5.82. The standard InChI is InChI=1S/C11H18N2O4/c1-2-12-7-10(15)13(8-9(12)14)6-4-3-5-11(16)17/h2-8H2,1H3,(H,16,17). The summed E-state index contributed by atoms with van der Waals surface area (Å²) in [6.45, 7) is 3.13. The molecule has 6 nitrogen and oxygen atoms in total. The van der Waals surface area contributed by atoms with Crippen LogP contribution in [0.4, 0.5) is 0 Å². The zero-order chi connectivity index (χ0) is 12.8. The molecule has 2 amide bonds. The number of rotatable bonds is 6. The molecule has 96 valence electrons. The van der Waals surface area contributed by atoms with Crippen LogP contribution in [0.3, 0.4) is 0 Å². The van der Waals surface area contributed by atoms with Crippen molar-refractivity contribution >= 4 is 17.8 Å². The number of unbranched alkanes of at least 4 members (excludes halogenated alkanes) is 1. The van der Waals surface area contributed by atoms with E-state index < -0.39 is 5.97 Å². The maximum Gasteiger partial charge on any atom is 0.303 e. The van der Waals surface area contributed by atoms with Crippen molar-refractivity contribution in [2.75, 3.05) is 26.2 Å². The fourth-order valence-corrected chi connectivity index (χ4v) is 1.77. The molecule has 1 rings (SSSR count). The normalized spacial score (nSPS) is 16.5. The molecular formula is C11H18N2O4. The van der Waals surface area contributed by atoms with Gasteiger partial charge in [-0.15, -0.1) is 0 Å². The number of carboxylic acids is 1. The zero-order valence-electron chi connectivity index (χ0n) is 10.0. The summed E-state index contributed by atoms with van der Waals surface area (Å²) in [5, 5.41) is 8.47. The molecule has 17 heavy (non-hydrogen) atoms. The Balaban J connectivity index is 2.32. The van der Waals surface area contributed by atoms with Crippen LogP contribution < -0.4 is 0 Å². The number of carbonyl (C=O) groups excluding carboxylic acids is 2. The largest absolute Gasteiger partial charge is 0.481 e. The second kappa shape index (κ2) is 6.22. The number of likely N-dealkylation sites (N-methyl/N-ethyl adjacent to an activating group) is 1. The van der Waals surface area contributed by atoms with Crippen LogP contribution in [0.2, 0.25) is 0 Å². The second-order valence-corrected chi connectivity index (χ2v) is 4.07. The summed E-state index contributed by atoms with van der Waals surface area (Å²) < 4.78 is 0. The van der Waals surface area contributed by atoms with Crippen LogP contribution in [0, 0.1) is 0 Å². The molecule has 0 aliphatic carbocycles. The van der Waals surface area contributed by atoms with Crippen molar-refractivity contribution in [1.29, 1.82) is 0 Å². The summed E-state index contributed by atoms with van der Waals surface area (Å²) in [4.78, 5) is 36.6. The van der Waals surface area contributed by atoms with Gasteiger partial charge in [0.25, 0.3) is 0 Å². The summed E-state index contributed by atoms with van der Waals surface area (Å²) in [6, 6.07) is 0. The first-order chi connectivity index (χ1) is 8.04. The summed E-state index contributed by atoms with van der Waals surface area (Å²) >= 11 is 0. The van der Waals surface area contributed by atoms with E-state index in [0.29, 0.717) is 25.9 Å². The minimum atomic E-state index is -0.830. The number of nitrogens with zero attached hydrogens (tertiary/aromatic N) is 2. The molecule has 6 heteroatoms. The van der Waals surface area contributed by atoms with Crippen LogP contribution in [0.5, 0.6) is 0 Å². The van der Waals surface area contributed by atoms with Gasteiger partial charge in [0.05, 0.1) is 13.1 Å². The van der Waals surface area contributed by atoms with Crippen LogP contribution in [0.15, 0.2) is 0 Å². The van der Waals surface area contributed by atoms with Gasteiger partial charge in [0, 0.05) is 19.5 Å². The maximum absolute atomic E-state index is 11.7. The van der Waals surface area contributed by atoms with Gasteiger partial charge in [-0.1, -0.05) is 0 Å². The summed E-state index contributed by atoms with van der Waals surface area (Å²) in [6.07, 6.45) is 1.26. The third kappa shape index (κ3) is 4.05. The Hall–Kier alpha value is -1.59. The molecule has 0 spiro atoms. The molecule has 1 fully saturated rings. The van der Waals surface area contributed by atoms with Gasteiger partial charge in [0.2, 0.25) is 11.8 Å². The van der Waals surface area contributed by atoms with Crippen LogP contribution in [-0.2, 0) is 14.4 Å². The Morgan fingerprint density at radius 1 is 1.18 bits per heavy atom. The third-order valence-corrected chi connectivity index (χ3v) is 2.81. The number of hydrogen-bond donors (Lipinski definition) is 1. The average Bonchev–Trinajstić information content (AvgIpc) is 2.28. The van der Waals surface area contributed by atoms with E-state index in [9.17, 15) is 14.4 Å². The highest BCUT2D eigenvalue weighted by molar-refractivity contribution is 5.92. The van der Waals surface area contributed by atoms with Crippen molar-refractivity contribution in [1.82, 2.24) is 9.80 Å². The topological polar surface area (TPSA) is 77.9 Å². The Labute approximate surface area is 100 Å². The monoisotopic (exact) mass is 242 g/mol. The molecular weight excluding hydrogens is 224 g/mol. The maximum atomic E-state index is 11.7. The minimum Gasteiger partial charge on any atom is -0.481 e. The predicted octanol–water partition coefficient (Wildman–Crippen LogP) is -0.0680. The minimum absolute atomic E-state index is 0.0367. The zero-order valence-corrected chi connectivity index (χ0v) is 10.0. The molecule has 0 atom stereocenters. The van der Waals surface area contributed by atoms with Crippen molar-refractivity contribution < 1.29 is 19.5 Å². The highest BCUT2D eigenvalue weighted by Gasteiger charge is 2.28. The highest BCUT2D eigenvalue weighted by atomic mass is 16.4. The van der Waals surface area contributed by atoms with E-state index in [0.717, 1.165) is 0 Å². The molecule has 0 radical (unpaired) electrons. The van der Waals surface area contributed by atoms with Gasteiger partial charge in [-0.05, 0) is 19.8 Å². The number of hydrogen-bond acceptors (Lipinski definition) is 3. The smallest absolute Gasteiger partial charge is 0.303 e. The molecule has 1 saturated heterocycles. The fraction of sp³-hybridized carbons (Fsp3) is 0.727. The van der Waals surface area contributed by atoms with Crippen LogP contribution in [0.25, 0.3) is 0 Å². The molecule has 0 saturated carbocycles. The van der Waals surface area contributed by atoms with Crippen molar-refractivity contribution in [2.45, 2.75) is 26.2 Å². The van der Waals surface area contributed by atoms with Gasteiger partial charge in [0.15, 0.2) is 0 Å². The first-order valence-corrected chi connectivity index (χ1v) is 5.82. The van der Waals surface area contributed by atoms with Crippen molar-refractivity contribution in [3.8, 4) is 0 Å². The lowest BCUT2D eigenvalue weighted by Gasteiger charge is -2.33. The number of aliphatic carboxylic acids is 1. The van der Waals surface area contributed by atoms with Gasteiger partial charge in [-0.2, -0.15) is 0 Å². The van der Waals surface area contributed by atoms with Crippen molar-refractivity contribution in [3.05, 3.63) is 0 Å². The van der Waals surface area contributed by atoms with E-state index in [4.69, 9.17) is 5.11 Å². The van der Waals surface area contributed by atoms with E-state index in [1.54, 1.807) is 0 Å². The Bertz CT molecular complexity index is 317. The highest BCUT2D eigenvalue weighted by Crippen LogP contribution is 2.07. The molecule has 1 N–H and O–H groups in total. The summed E-state index contributed by atoms with van der Waals surface area (Å²) in [7, 11) is 0. The van der Waals surface area contributed by atoms with Crippen molar-refractivity contribution in [3.63, 3.8) is 0 Å². The number of carboxylic acid groups (broad SMARTS) is 1. The molecule has 0 bridgehead atoms. The van der Waals surface area contributed by atoms with E-state index in [1.807, 2.05) is 6.92 Å².